The molecule has 0 aliphatic rings. The van der Waals surface area contributed by atoms with Gasteiger partial charge in [0.15, 0.2) is 0 Å². The number of rotatable bonds is 6. The molecule has 2 rings (SSSR count). The molecule has 1 heterocycles. The summed E-state index contributed by atoms with van der Waals surface area (Å²) in [7, 11) is 2.04. The van der Waals surface area contributed by atoms with E-state index in [4.69, 9.17) is 0 Å². The lowest BCUT2D eigenvalue weighted by molar-refractivity contribution is 0.527. The van der Waals surface area contributed by atoms with Crippen LogP contribution in [0, 0.1) is 0 Å². The minimum atomic E-state index is 0.481. The van der Waals surface area contributed by atoms with Crippen LogP contribution in [0.1, 0.15) is 30.0 Å². The second-order valence-corrected chi connectivity index (χ2v) is 5.06. The Hall–Kier alpha value is -1.12. The highest BCUT2D eigenvalue weighted by molar-refractivity contribution is 7.07. The SMILES string of the molecule is CN[C@H](CCCc1ccsc1)c1ccccc1. The monoisotopic (exact) mass is 245 g/mol. The summed E-state index contributed by atoms with van der Waals surface area (Å²) >= 11 is 1.78. The van der Waals surface area contributed by atoms with Crippen LogP contribution in [0.2, 0.25) is 0 Å². The van der Waals surface area contributed by atoms with Gasteiger partial charge in [0, 0.05) is 6.04 Å². The van der Waals surface area contributed by atoms with E-state index in [1.165, 1.54) is 30.4 Å². The molecule has 2 aromatic rings. The Morgan fingerprint density at radius 1 is 1.18 bits per heavy atom. The molecular formula is C15H19NS. The van der Waals surface area contributed by atoms with Crippen molar-refractivity contribution in [2.75, 3.05) is 7.05 Å². The summed E-state index contributed by atoms with van der Waals surface area (Å²) in [6.07, 6.45) is 3.61. The van der Waals surface area contributed by atoms with E-state index >= 15 is 0 Å². The molecule has 0 aliphatic carbocycles. The summed E-state index contributed by atoms with van der Waals surface area (Å²) in [5.41, 5.74) is 2.86. The molecule has 1 nitrogen and oxygen atoms in total. The van der Waals surface area contributed by atoms with Gasteiger partial charge in [-0.15, -0.1) is 0 Å². The fourth-order valence-electron chi connectivity index (χ4n) is 2.11. The fraction of sp³-hybridized carbons (Fsp3) is 0.333. The molecule has 0 saturated carbocycles. The first-order chi connectivity index (χ1) is 8.40. The van der Waals surface area contributed by atoms with Gasteiger partial charge in [-0.1, -0.05) is 30.3 Å². The Labute approximate surface area is 108 Å². The van der Waals surface area contributed by atoms with E-state index in [0.29, 0.717) is 6.04 Å². The molecule has 17 heavy (non-hydrogen) atoms. The first-order valence-corrected chi connectivity index (χ1v) is 7.07. The van der Waals surface area contributed by atoms with Gasteiger partial charge in [-0.05, 0) is 54.3 Å². The Balaban J connectivity index is 1.84. The van der Waals surface area contributed by atoms with E-state index in [2.05, 4.69) is 52.5 Å². The van der Waals surface area contributed by atoms with Crippen LogP contribution in [0.15, 0.2) is 47.2 Å². The molecule has 1 aromatic heterocycles. The van der Waals surface area contributed by atoms with E-state index in [1.54, 1.807) is 11.3 Å². The summed E-state index contributed by atoms with van der Waals surface area (Å²) in [5, 5.41) is 7.80. The molecule has 0 aliphatic heterocycles. The van der Waals surface area contributed by atoms with Crippen LogP contribution in [-0.2, 0) is 6.42 Å². The first-order valence-electron chi connectivity index (χ1n) is 6.13. The molecule has 1 aromatic carbocycles. The molecule has 0 fully saturated rings. The Morgan fingerprint density at radius 2 is 2.00 bits per heavy atom. The highest BCUT2D eigenvalue weighted by Crippen LogP contribution is 2.19. The largest absolute Gasteiger partial charge is 0.313 e. The van der Waals surface area contributed by atoms with Crippen molar-refractivity contribution in [3.05, 3.63) is 58.3 Å². The fourth-order valence-corrected chi connectivity index (χ4v) is 2.81. The maximum atomic E-state index is 3.40. The summed E-state index contributed by atoms with van der Waals surface area (Å²) in [6.45, 7) is 0. The zero-order chi connectivity index (χ0) is 11.9. The second-order valence-electron chi connectivity index (χ2n) is 4.28. The Bertz CT molecular complexity index is 408. The van der Waals surface area contributed by atoms with Crippen LogP contribution in [0.25, 0.3) is 0 Å². The lowest BCUT2D eigenvalue weighted by Gasteiger charge is -2.16. The minimum Gasteiger partial charge on any atom is -0.313 e. The smallest absolute Gasteiger partial charge is 0.0317 e. The van der Waals surface area contributed by atoms with Crippen molar-refractivity contribution < 1.29 is 0 Å². The number of benzene rings is 1. The first kappa shape index (κ1) is 12.3. The molecule has 1 atom stereocenters. The van der Waals surface area contributed by atoms with E-state index in [1.807, 2.05) is 7.05 Å². The van der Waals surface area contributed by atoms with Gasteiger partial charge < -0.3 is 5.32 Å². The van der Waals surface area contributed by atoms with Crippen molar-refractivity contribution in [2.24, 2.45) is 0 Å². The van der Waals surface area contributed by atoms with Gasteiger partial charge in [0.25, 0.3) is 0 Å². The average Bonchev–Trinajstić information content (AvgIpc) is 2.89. The maximum Gasteiger partial charge on any atom is 0.0317 e. The number of aryl methyl sites for hydroxylation is 1. The van der Waals surface area contributed by atoms with Crippen LogP contribution >= 0.6 is 11.3 Å². The highest BCUT2D eigenvalue weighted by Gasteiger charge is 2.07. The molecule has 0 bridgehead atoms. The number of nitrogens with one attached hydrogen (secondary N) is 1. The van der Waals surface area contributed by atoms with Crippen molar-refractivity contribution in [2.45, 2.75) is 25.3 Å². The van der Waals surface area contributed by atoms with Gasteiger partial charge in [-0.3, -0.25) is 0 Å². The molecule has 0 saturated heterocycles. The summed E-state index contributed by atoms with van der Waals surface area (Å²) in [4.78, 5) is 0. The predicted octanol–water partition coefficient (Wildman–Crippen LogP) is 4.03. The second kappa shape index (κ2) is 6.58. The van der Waals surface area contributed by atoms with Gasteiger partial charge >= 0.3 is 0 Å². The van der Waals surface area contributed by atoms with E-state index in [9.17, 15) is 0 Å². The van der Waals surface area contributed by atoms with Gasteiger partial charge in [-0.2, -0.15) is 11.3 Å². The Morgan fingerprint density at radius 3 is 2.65 bits per heavy atom. The molecule has 1 N–H and O–H groups in total. The zero-order valence-electron chi connectivity index (χ0n) is 10.2. The quantitative estimate of drug-likeness (QED) is 0.810. The van der Waals surface area contributed by atoms with E-state index in [0.717, 1.165) is 0 Å². The lowest BCUT2D eigenvalue weighted by Crippen LogP contribution is -2.16. The highest BCUT2D eigenvalue weighted by atomic mass is 32.1. The van der Waals surface area contributed by atoms with Gasteiger partial charge in [0.05, 0.1) is 0 Å². The van der Waals surface area contributed by atoms with Gasteiger partial charge in [0.2, 0.25) is 0 Å². The molecule has 2 heteroatoms. The lowest BCUT2D eigenvalue weighted by atomic mass is 10.00. The predicted molar refractivity (Wildman–Crippen MR) is 75.5 cm³/mol. The molecule has 90 valence electrons. The maximum absolute atomic E-state index is 3.40. The topological polar surface area (TPSA) is 12.0 Å². The van der Waals surface area contributed by atoms with Crippen LogP contribution in [0.4, 0.5) is 0 Å². The van der Waals surface area contributed by atoms with Gasteiger partial charge in [-0.25, -0.2) is 0 Å². The average molecular weight is 245 g/mol. The summed E-state index contributed by atoms with van der Waals surface area (Å²) < 4.78 is 0. The third kappa shape index (κ3) is 3.69. The third-order valence-corrected chi connectivity index (χ3v) is 3.82. The van der Waals surface area contributed by atoms with Crippen molar-refractivity contribution in [3.8, 4) is 0 Å². The van der Waals surface area contributed by atoms with Crippen LogP contribution in [0.5, 0.6) is 0 Å². The molecule has 0 unspecified atom stereocenters. The van der Waals surface area contributed by atoms with E-state index < -0.39 is 0 Å². The summed E-state index contributed by atoms with van der Waals surface area (Å²) in [5.74, 6) is 0. The van der Waals surface area contributed by atoms with Crippen molar-refractivity contribution in [3.63, 3.8) is 0 Å². The Kier molecular flexibility index (Phi) is 4.77. The normalized spacial score (nSPS) is 12.5. The zero-order valence-corrected chi connectivity index (χ0v) is 11.0. The summed E-state index contributed by atoms with van der Waals surface area (Å²) in [6, 6.07) is 13.4. The molecule has 0 radical (unpaired) electrons. The van der Waals surface area contributed by atoms with Crippen LogP contribution < -0.4 is 5.32 Å². The minimum absolute atomic E-state index is 0.481. The number of hydrogen-bond donors (Lipinski definition) is 1. The van der Waals surface area contributed by atoms with Crippen molar-refractivity contribution in [1.82, 2.24) is 5.32 Å². The molecule has 0 amide bonds. The number of thiophene rings is 1. The van der Waals surface area contributed by atoms with Crippen LogP contribution in [0.3, 0.4) is 0 Å². The molecular weight excluding hydrogens is 226 g/mol. The van der Waals surface area contributed by atoms with Crippen LogP contribution in [-0.4, -0.2) is 7.05 Å². The van der Waals surface area contributed by atoms with E-state index in [-0.39, 0.29) is 0 Å². The standard InChI is InChI=1S/C15H19NS/c1-16-15(14-7-3-2-4-8-14)9-5-6-13-10-11-17-12-13/h2-4,7-8,10-12,15-16H,5-6,9H2,1H3/t15-/m1/s1. The number of hydrogen-bond acceptors (Lipinski definition) is 2. The van der Waals surface area contributed by atoms with Crippen molar-refractivity contribution >= 4 is 11.3 Å². The third-order valence-electron chi connectivity index (χ3n) is 3.09. The molecule has 0 spiro atoms. The van der Waals surface area contributed by atoms with Gasteiger partial charge in [0.1, 0.15) is 0 Å². The van der Waals surface area contributed by atoms with Crippen molar-refractivity contribution in [1.29, 1.82) is 0 Å².